The number of nitrogens with zero attached hydrogens (tertiary/aromatic N) is 2. The van der Waals surface area contributed by atoms with Crippen LogP contribution in [0.1, 0.15) is 0 Å². The number of aromatic nitrogens is 2. The molecule has 6 heteroatoms. The molecule has 116 valence electrons. The third-order valence-corrected chi connectivity index (χ3v) is 3.63. The van der Waals surface area contributed by atoms with E-state index in [2.05, 4.69) is 15.3 Å². The summed E-state index contributed by atoms with van der Waals surface area (Å²) in [4.78, 5) is 8.37. The van der Waals surface area contributed by atoms with Gasteiger partial charge in [-0.25, -0.2) is 14.4 Å². The summed E-state index contributed by atoms with van der Waals surface area (Å²) in [6, 6.07) is 11.0. The number of benzene rings is 2. The maximum absolute atomic E-state index is 14.3. The van der Waals surface area contributed by atoms with E-state index in [0.717, 1.165) is 0 Å². The normalized spacial score (nSPS) is 10.6. The smallest absolute Gasteiger partial charge is 0.222 e. The molecule has 2 N–H and O–H groups in total. The fourth-order valence-corrected chi connectivity index (χ4v) is 2.52. The fraction of sp³-hybridized carbons (Fsp3) is 0.0588. The first-order chi connectivity index (χ1) is 11.1. The van der Waals surface area contributed by atoms with Crippen LogP contribution in [0.3, 0.4) is 0 Å². The lowest BCUT2D eigenvalue weighted by atomic mass is 9.96. The van der Waals surface area contributed by atoms with Crippen molar-refractivity contribution in [3.63, 3.8) is 0 Å². The minimum atomic E-state index is -0.466. The van der Waals surface area contributed by atoms with E-state index in [1.54, 1.807) is 43.6 Å². The molecule has 0 aliphatic rings. The molecule has 0 aliphatic carbocycles. The third-order valence-electron chi connectivity index (χ3n) is 3.40. The number of hydrogen-bond acceptors (Lipinski definition) is 4. The van der Waals surface area contributed by atoms with Crippen molar-refractivity contribution >= 4 is 17.5 Å². The zero-order valence-electron chi connectivity index (χ0n) is 12.2. The van der Waals surface area contributed by atoms with Gasteiger partial charge in [0.1, 0.15) is 11.6 Å². The van der Waals surface area contributed by atoms with Crippen LogP contribution in [-0.2, 0) is 0 Å². The molecule has 3 rings (SSSR count). The topological polar surface area (TPSA) is 58.0 Å². The Balaban J connectivity index is 2.25. The van der Waals surface area contributed by atoms with Crippen LogP contribution in [0, 0.1) is 5.82 Å². The molecule has 23 heavy (non-hydrogen) atoms. The van der Waals surface area contributed by atoms with Gasteiger partial charge in [0.05, 0.1) is 11.3 Å². The number of anilines is 1. The number of nitrogens with one attached hydrogen (secondary N) is 1. The highest BCUT2D eigenvalue weighted by atomic mass is 35.5. The van der Waals surface area contributed by atoms with E-state index in [4.69, 9.17) is 11.6 Å². The Labute approximate surface area is 137 Å². The fourth-order valence-electron chi connectivity index (χ4n) is 2.36. The van der Waals surface area contributed by atoms with Crippen LogP contribution >= 0.6 is 11.6 Å². The van der Waals surface area contributed by atoms with Gasteiger partial charge in [-0.05, 0) is 35.9 Å². The highest BCUT2D eigenvalue weighted by Crippen LogP contribution is 2.39. The van der Waals surface area contributed by atoms with Crippen molar-refractivity contribution in [2.45, 2.75) is 0 Å². The van der Waals surface area contributed by atoms with Gasteiger partial charge in [0, 0.05) is 23.8 Å². The van der Waals surface area contributed by atoms with Gasteiger partial charge >= 0.3 is 0 Å². The van der Waals surface area contributed by atoms with E-state index in [1.165, 1.54) is 12.1 Å². The van der Waals surface area contributed by atoms with Crippen LogP contribution in [0.25, 0.3) is 22.4 Å². The van der Waals surface area contributed by atoms with E-state index in [9.17, 15) is 9.50 Å². The molecule has 3 aromatic rings. The number of phenols is 1. The van der Waals surface area contributed by atoms with Gasteiger partial charge in [-0.3, -0.25) is 0 Å². The molecular weight excluding hydrogens is 317 g/mol. The van der Waals surface area contributed by atoms with Crippen molar-refractivity contribution in [3.8, 4) is 28.1 Å². The zero-order valence-corrected chi connectivity index (χ0v) is 13.0. The van der Waals surface area contributed by atoms with E-state index in [0.29, 0.717) is 33.4 Å². The molecule has 0 amide bonds. The second-order valence-electron chi connectivity index (χ2n) is 4.84. The van der Waals surface area contributed by atoms with Gasteiger partial charge in [-0.1, -0.05) is 23.7 Å². The molecular formula is C17H13ClFN3O. The minimum absolute atomic E-state index is 0.0117. The zero-order chi connectivity index (χ0) is 16.4. The second kappa shape index (κ2) is 6.22. The Morgan fingerprint density at radius 3 is 2.70 bits per heavy atom. The highest BCUT2D eigenvalue weighted by Gasteiger charge is 2.16. The van der Waals surface area contributed by atoms with Gasteiger partial charge in [0.25, 0.3) is 0 Å². The standard InChI is InChI=1S/C17H13ClFN3O/c1-20-17-21-8-7-14(22-17)16-12(3-2-4-15(16)23)11-6-5-10(18)9-13(11)19/h2-9,23H,1H3,(H,20,21,22). The van der Waals surface area contributed by atoms with Crippen molar-refractivity contribution in [1.29, 1.82) is 0 Å². The summed E-state index contributed by atoms with van der Waals surface area (Å²) >= 11 is 5.81. The molecule has 0 spiro atoms. The number of halogens is 2. The molecule has 0 unspecified atom stereocenters. The van der Waals surface area contributed by atoms with Crippen molar-refractivity contribution in [3.05, 3.63) is 59.5 Å². The van der Waals surface area contributed by atoms with Gasteiger partial charge in [-0.2, -0.15) is 0 Å². The van der Waals surface area contributed by atoms with E-state index >= 15 is 0 Å². The van der Waals surface area contributed by atoms with Crippen molar-refractivity contribution < 1.29 is 9.50 Å². The Morgan fingerprint density at radius 2 is 1.96 bits per heavy atom. The molecule has 0 atom stereocenters. The van der Waals surface area contributed by atoms with Crippen LogP contribution < -0.4 is 5.32 Å². The van der Waals surface area contributed by atoms with Crippen molar-refractivity contribution in [1.82, 2.24) is 9.97 Å². The van der Waals surface area contributed by atoms with Crippen molar-refractivity contribution in [2.24, 2.45) is 0 Å². The lowest BCUT2D eigenvalue weighted by molar-refractivity contribution is 0.477. The lowest BCUT2D eigenvalue weighted by Crippen LogP contribution is -1.98. The highest BCUT2D eigenvalue weighted by molar-refractivity contribution is 6.30. The number of rotatable bonds is 3. The molecule has 0 saturated carbocycles. The van der Waals surface area contributed by atoms with E-state index < -0.39 is 5.82 Å². The number of phenolic OH excluding ortho intramolecular Hbond substituents is 1. The van der Waals surface area contributed by atoms with Crippen LogP contribution in [0.5, 0.6) is 5.75 Å². The Morgan fingerprint density at radius 1 is 1.13 bits per heavy atom. The first-order valence-electron chi connectivity index (χ1n) is 6.88. The number of hydrogen-bond donors (Lipinski definition) is 2. The van der Waals surface area contributed by atoms with Crippen LogP contribution in [-0.4, -0.2) is 22.1 Å². The molecule has 0 saturated heterocycles. The van der Waals surface area contributed by atoms with Crippen molar-refractivity contribution in [2.75, 3.05) is 12.4 Å². The molecule has 0 aliphatic heterocycles. The summed E-state index contributed by atoms with van der Waals surface area (Å²) in [5.41, 5.74) is 1.80. The summed E-state index contributed by atoms with van der Waals surface area (Å²) in [6.45, 7) is 0. The largest absolute Gasteiger partial charge is 0.507 e. The lowest BCUT2D eigenvalue weighted by Gasteiger charge is -2.13. The molecule has 0 bridgehead atoms. The third kappa shape index (κ3) is 2.96. The maximum atomic E-state index is 14.3. The van der Waals surface area contributed by atoms with Crippen LogP contribution in [0.15, 0.2) is 48.7 Å². The molecule has 0 fully saturated rings. The van der Waals surface area contributed by atoms with Crippen LogP contribution in [0.2, 0.25) is 5.02 Å². The van der Waals surface area contributed by atoms with Gasteiger partial charge in [0.2, 0.25) is 5.95 Å². The van der Waals surface area contributed by atoms with Gasteiger partial charge in [0.15, 0.2) is 0 Å². The first kappa shape index (κ1) is 15.2. The molecule has 4 nitrogen and oxygen atoms in total. The summed E-state index contributed by atoms with van der Waals surface area (Å²) < 4.78 is 14.3. The Bertz CT molecular complexity index is 870. The average Bonchev–Trinajstić information content (AvgIpc) is 2.55. The average molecular weight is 330 g/mol. The maximum Gasteiger partial charge on any atom is 0.222 e. The Hall–Kier alpha value is -2.66. The summed E-state index contributed by atoms with van der Waals surface area (Å²) in [6.07, 6.45) is 1.57. The van der Waals surface area contributed by atoms with Gasteiger partial charge < -0.3 is 10.4 Å². The van der Waals surface area contributed by atoms with E-state index in [-0.39, 0.29) is 5.75 Å². The number of aromatic hydroxyl groups is 1. The molecule has 0 radical (unpaired) electrons. The monoisotopic (exact) mass is 329 g/mol. The molecule has 1 heterocycles. The van der Waals surface area contributed by atoms with E-state index in [1.807, 2.05) is 0 Å². The summed E-state index contributed by atoms with van der Waals surface area (Å²) in [5.74, 6) is -0.0434. The minimum Gasteiger partial charge on any atom is -0.507 e. The molecule has 2 aromatic carbocycles. The Kier molecular flexibility index (Phi) is 4.12. The second-order valence-corrected chi connectivity index (χ2v) is 5.28. The summed E-state index contributed by atoms with van der Waals surface area (Å²) in [5, 5.41) is 13.4. The molecule has 1 aromatic heterocycles. The SMILES string of the molecule is CNc1nccc(-c2c(O)cccc2-c2ccc(Cl)cc2F)n1. The van der Waals surface area contributed by atoms with Crippen LogP contribution in [0.4, 0.5) is 10.3 Å². The first-order valence-corrected chi connectivity index (χ1v) is 7.26. The summed E-state index contributed by atoms with van der Waals surface area (Å²) in [7, 11) is 1.70. The van der Waals surface area contributed by atoms with Gasteiger partial charge in [-0.15, -0.1) is 0 Å². The quantitative estimate of drug-likeness (QED) is 0.750. The predicted molar refractivity (Wildman–Crippen MR) is 89.1 cm³/mol. The predicted octanol–water partition coefficient (Wildman–Crippen LogP) is 4.35.